The third-order valence-corrected chi connectivity index (χ3v) is 7.28. The lowest BCUT2D eigenvalue weighted by atomic mass is 9.94. The van der Waals surface area contributed by atoms with Crippen molar-refractivity contribution in [3.63, 3.8) is 0 Å². The molecule has 7 rings (SSSR count). The summed E-state index contributed by atoms with van der Waals surface area (Å²) in [7, 11) is 1.72. The van der Waals surface area contributed by atoms with Gasteiger partial charge in [-0.25, -0.2) is 0 Å². The number of fused-ring (bicyclic) bond motifs is 10. The molecule has 2 aromatic heterocycles. The number of para-hydroxylation sites is 1. The summed E-state index contributed by atoms with van der Waals surface area (Å²) in [6.45, 7) is 6.08. The molecule has 0 spiro atoms. The molecule has 3 aliphatic heterocycles. The zero-order chi connectivity index (χ0) is 22.6. The molecule has 7 nitrogen and oxygen atoms in total. The molecule has 1 amide bonds. The number of amides is 1. The van der Waals surface area contributed by atoms with Crippen molar-refractivity contribution in [2.45, 2.75) is 31.9 Å². The molecule has 33 heavy (non-hydrogen) atoms. The molecule has 2 unspecified atom stereocenters. The fraction of sp³-hybridized carbons (Fsp3) is 0.231. The van der Waals surface area contributed by atoms with Gasteiger partial charge >= 0.3 is 0 Å². The summed E-state index contributed by atoms with van der Waals surface area (Å²) < 4.78 is 17.0. The molecular formula is C26H22N4O3. The average molecular weight is 438 g/mol. The van der Waals surface area contributed by atoms with Crippen LogP contribution < -0.4 is 5.73 Å². The van der Waals surface area contributed by atoms with E-state index < -0.39 is 0 Å². The van der Waals surface area contributed by atoms with Crippen molar-refractivity contribution in [3.8, 4) is 0 Å². The lowest BCUT2D eigenvalue weighted by Crippen LogP contribution is -2.22. The number of amidine groups is 1. The van der Waals surface area contributed by atoms with Gasteiger partial charge in [-0.2, -0.15) is 4.99 Å². The lowest BCUT2D eigenvalue weighted by molar-refractivity contribution is -0.0620. The Hall–Kier alpha value is -3.68. The van der Waals surface area contributed by atoms with Crippen LogP contribution in [0.3, 0.4) is 0 Å². The van der Waals surface area contributed by atoms with E-state index in [4.69, 9.17) is 15.2 Å². The third-order valence-electron chi connectivity index (χ3n) is 7.28. The summed E-state index contributed by atoms with van der Waals surface area (Å²) in [6, 6.07) is 8.20. The number of allylic oxidation sites excluding steroid dienone is 1. The molecule has 0 radical (unpaired) electrons. The number of hydrogen-bond donors (Lipinski definition) is 1. The molecule has 7 heteroatoms. The molecular weight excluding hydrogens is 416 g/mol. The van der Waals surface area contributed by atoms with Gasteiger partial charge in [0.2, 0.25) is 0 Å². The normalized spacial score (nSPS) is 23.4. The summed E-state index contributed by atoms with van der Waals surface area (Å²) in [5.74, 6) is -0.0393. The summed E-state index contributed by atoms with van der Waals surface area (Å²) in [6.07, 6.45) is 5.84. The number of methoxy groups -OCH3 is 1. The lowest BCUT2D eigenvalue weighted by Gasteiger charge is -2.21. The van der Waals surface area contributed by atoms with Gasteiger partial charge in [-0.1, -0.05) is 36.9 Å². The summed E-state index contributed by atoms with van der Waals surface area (Å²) >= 11 is 0. The van der Waals surface area contributed by atoms with Crippen LogP contribution in [0.1, 0.15) is 53.0 Å². The van der Waals surface area contributed by atoms with E-state index in [-0.39, 0.29) is 30.3 Å². The molecule has 0 saturated carbocycles. The minimum atomic E-state index is -0.343. The van der Waals surface area contributed by atoms with Gasteiger partial charge < -0.3 is 24.3 Å². The van der Waals surface area contributed by atoms with E-state index in [1.807, 2.05) is 37.3 Å². The van der Waals surface area contributed by atoms with Crippen molar-refractivity contribution in [3.05, 3.63) is 59.3 Å². The second kappa shape index (κ2) is 6.21. The van der Waals surface area contributed by atoms with E-state index in [9.17, 15) is 4.79 Å². The molecule has 1 saturated heterocycles. The van der Waals surface area contributed by atoms with Gasteiger partial charge in [0.1, 0.15) is 18.2 Å². The first-order chi connectivity index (χ1) is 16.1. The van der Waals surface area contributed by atoms with Gasteiger partial charge in [0.25, 0.3) is 5.91 Å². The van der Waals surface area contributed by atoms with Gasteiger partial charge in [-0.3, -0.25) is 4.79 Å². The molecule has 2 aromatic carbocycles. The minimum Gasteiger partial charge on any atom is -0.383 e. The van der Waals surface area contributed by atoms with E-state index in [1.165, 1.54) is 0 Å². The van der Waals surface area contributed by atoms with Crippen LogP contribution in [0.4, 0.5) is 0 Å². The van der Waals surface area contributed by atoms with Crippen molar-refractivity contribution < 1.29 is 14.3 Å². The molecule has 5 heterocycles. The molecule has 3 atom stereocenters. The number of aliphatic imine (C=N–C) groups is 1. The Morgan fingerprint density at radius 1 is 1.21 bits per heavy atom. The predicted octanol–water partition coefficient (Wildman–Crippen LogP) is 4.73. The molecule has 2 N–H and O–H groups in total. The maximum atomic E-state index is 13.2. The van der Waals surface area contributed by atoms with Crippen molar-refractivity contribution in [1.29, 1.82) is 0 Å². The Bertz CT molecular complexity index is 1630. The Kier molecular flexibility index (Phi) is 3.55. The zero-order valence-corrected chi connectivity index (χ0v) is 18.3. The van der Waals surface area contributed by atoms with Gasteiger partial charge in [-0.05, 0) is 19.1 Å². The van der Waals surface area contributed by atoms with Crippen molar-refractivity contribution in [2.75, 3.05) is 7.11 Å². The number of benzene rings is 2. The average Bonchev–Trinajstić information content (AvgIpc) is 3.50. The van der Waals surface area contributed by atoms with Crippen LogP contribution in [-0.4, -0.2) is 34.1 Å². The first-order valence-corrected chi connectivity index (χ1v) is 11.1. The number of aromatic nitrogens is 2. The highest BCUT2D eigenvalue weighted by Gasteiger charge is 2.45. The Morgan fingerprint density at radius 3 is 2.76 bits per heavy atom. The van der Waals surface area contributed by atoms with Crippen LogP contribution in [0.5, 0.6) is 0 Å². The number of rotatable bonds is 3. The predicted molar refractivity (Wildman–Crippen MR) is 129 cm³/mol. The quantitative estimate of drug-likeness (QED) is 0.501. The number of nitrogens with zero attached hydrogens (tertiary/aromatic N) is 3. The van der Waals surface area contributed by atoms with Crippen molar-refractivity contribution >= 4 is 56.6 Å². The van der Waals surface area contributed by atoms with Gasteiger partial charge in [0.15, 0.2) is 6.23 Å². The largest absolute Gasteiger partial charge is 0.383 e. The number of carbonyl (C=O) groups excluding carboxylic acids is 1. The van der Waals surface area contributed by atoms with Crippen LogP contribution in [-0.2, 0) is 9.47 Å². The monoisotopic (exact) mass is 438 g/mol. The van der Waals surface area contributed by atoms with E-state index in [2.05, 4.69) is 32.8 Å². The molecule has 3 aliphatic rings. The second-order valence-electron chi connectivity index (χ2n) is 8.75. The van der Waals surface area contributed by atoms with E-state index in [1.54, 1.807) is 7.11 Å². The van der Waals surface area contributed by atoms with Gasteiger partial charge in [-0.15, -0.1) is 0 Å². The Morgan fingerprint density at radius 2 is 2.00 bits per heavy atom. The second-order valence-corrected chi connectivity index (χ2v) is 8.75. The maximum absolute atomic E-state index is 13.2. The fourth-order valence-corrected chi connectivity index (χ4v) is 6.13. The number of carbonyl (C=O) groups is 1. The maximum Gasteiger partial charge on any atom is 0.280 e. The molecule has 4 aromatic rings. The van der Waals surface area contributed by atoms with E-state index in [0.717, 1.165) is 49.5 Å². The van der Waals surface area contributed by atoms with Crippen LogP contribution in [0, 0.1) is 0 Å². The van der Waals surface area contributed by atoms with E-state index >= 15 is 0 Å². The van der Waals surface area contributed by atoms with Gasteiger partial charge in [0.05, 0.1) is 27.8 Å². The Labute approximate surface area is 189 Å². The number of nitrogens with two attached hydrogens (primary N) is 1. The SMILES string of the molecule is C=Cc1c(/C=C\C)c2c3c(c4c5ccccc5n5c4c2n1C1OC5C[C@@H]1OC)C(N)=NC3=O. The highest BCUT2D eigenvalue weighted by Crippen LogP contribution is 2.52. The topological polar surface area (TPSA) is 83.8 Å². The molecule has 2 bridgehead atoms. The summed E-state index contributed by atoms with van der Waals surface area (Å²) in [5.41, 5.74) is 12.5. The third kappa shape index (κ3) is 2.03. The molecule has 1 fully saturated rings. The molecule has 0 aliphatic carbocycles. The standard InChI is InChI=1S/C26H22N4O3/c1-4-8-12-14(5-2)30-23-19(12)21-20(24(27)28-25(21)31)18-13-9-6-7-10-15(13)29(22(18)23)17-11-16(32-3)26(30)33-17/h4-10,16-17,26H,2,11H2,1,3H3,(H2,27,28,31)/b8-4-/t16-,17?,26?/m0/s1. The summed E-state index contributed by atoms with van der Waals surface area (Å²) in [4.78, 5) is 17.4. The van der Waals surface area contributed by atoms with Crippen molar-refractivity contribution in [1.82, 2.24) is 9.13 Å². The van der Waals surface area contributed by atoms with Crippen LogP contribution in [0.15, 0.2) is 41.9 Å². The fourth-order valence-electron chi connectivity index (χ4n) is 6.13. The first-order valence-electron chi connectivity index (χ1n) is 11.1. The smallest absolute Gasteiger partial charge is 0.280 e. The first kappa shape index (κ1) is 18.8. The Balaban J connectivity index is 1.86. The number of hydrogen-bond acceptors (Lipinski definition) is 4. The minimum absolute atomic E-state index is 0.141. The molecule has 164 valence electrons. The highest BCUT2D eigenvalue weighted by atomic mass is 16.6. The highest BCUT2D eigenvalue weighted by molar-refractivity contribution is 6.36. The van der Waals surface area contributed by atoms with Crippen LogP contribution >= 0.6 is 0 Å². The van der Waals surface area contributed by atoms with Gasteiger partial charge in [0, 0.05) is 40.8 Å². The van der Waals surface area contributed by atoms with Crippen molar-refractivity contribution in [2.24, 2.45) is 10.7 Å². The van der Waals surface area contributed by atoms with Crippen LogP contribution in [0.2, 0.25) is 0 Å². The summed E-state index contributed by atoms with van der Waals surface area (Å²) in [5, 5.41) is 2.82. The van der Waals surface area contributed by atoms with E-state index in [0.29, 0.717) is 12.0 Å². The zero-order valence-electron chi connectivity index (χ0n) is 18.3. The number of ether oxygens (including phenoxy) is 2. The van der Waals surface area contributed by atoms with Crippen LogP contribution in [0.25, 0.3) is 44.9 Å².